The molecule has 4 atom stereocenters. The predicted octanol–water partition coefficient (Wildman–Crippen LogP) is -2.25. The Hall–Kier alpha value is -1.28. The predicted molar refractivity (Wildman–Crippen MR) is 55.9 cm³/mol. The number of esters is 1. The highest BCUT2D eigenvalue weighted by molar-refractivity contribution is 5.81. The summed E-state index contributed by atoms with van der Waals surface area (Å²) in [5.74, 6) is -1.57. The second kappa shape index (κ2) is 7.13. The van der Waals surface area contributed by atoms with Gasteiger partial charge in [-0.05, 0) is 6.92 Å². The maximum absolute atomic E-state index is 10.7. The van der Waals surface area contributed by atoms with Crippen LogP contribution < -0.4 is 0 Å². The lowest BCUT2D eigenvalue weighted by molar-refractivity contribution is -0.154. The zero-order valence-corrected chi connectivity index (χ0v) is 9.31. The molecule has 0 unspecified atom stereocenters. The van der Waals surface area contributed by atoms with Crippen LogP contribution in [0, 0.1) is 0 Å². The molecule has 17 heavy (non-hydrogen) atoms. The molecular formula is C10H16O7. The van der Waals surface area contributed by atoms with E-state index in [9.17, 15) is 24.9 Å². The Labute approximate surface area is 97.9 Å². The number of ether oxygens (including phenoxy) is 1. The topological polar surface area (TPSA) is 124 Å². The van der Waals surface area contributed by atoms with Gasteiger partial charge in [0.05, 0.1) is 0 Å². The normalized spacial score (nSPS) is 17.7. The largest absolute Gasteiger partial charge is 0.460 e. The van der Waals surface area contributed by atoms with Gasteiger partial charge < -0.3 is 25.2 Å². The number of aliphatic hydroxyl groups is 4. The third-order valence-corrected chi connectivity index (χ3v) is 2.05. The number of carbonyl (C=O) groups is 2. The van der Waals surface area contributed by atoms with Gasteiger partial charge in [-0.1, -0.05) is 6.58 Å². The van der Waals surface area contributed by atoms with E-state index in [4.69, 9.17) is 5.11 Å². The minimum absolute atomic E-state index is 0.590. The zero-order chi connectivity index (χ0) is 13.6. The standard InChI is InChI=1S/C10H16O7/c1-3-7(13)17-4-6(12)9(15)10(16)8(14)5(2)11/h3,6,8-10,12,14-16H,1,4H2,2H3/t6-,8+,9-,10-/m1/s1. The van der Waals surface area contributed by atoms with Crippen LogP contribution in [0.25, 0.3) is 0 Å². The number of hydrogen-bond acceptors (Lipinski definition) is 7. The highest BCUT2D eigenvalue weighted by Gasteiger charge is 2.33. The van der Waals surface area contributed by atoms with Crippen LogP contribution in [-0.4, -0.2) is 63.2 Å². The van der Waals surface area contributed by atoms with Crippen molar-refractivity contribution >= 4 is 11.8 Å². The molecule has 0 fully saturated rings. The molecule has 0 aliphatic rings. The van der Waals surface area contributed by atoms with Crippen molar-refractivity contribution in [1.82, 2.24) is 0 Å². The fraction of sp³-hybridized carbons (Fsp3) is 0.600. The minimum atomic E-state index is -1.86. The van der Waals surface area contributed by atoms with Crippen LogP contribution in [0.15, 0.2) is 12.7 Å². The van der Waals surface area contributed by atoms with E-state index in [0.29, 0.717) is 0 Å². The highest BCUT2D eigenvalue weighted by atomic mass is 16.5. The molecule has 0 saturated heterocycles. The van der Waals surface area contributed by atoms with E-state index in [2.05, 4.69) is 11.3 Å². The van der Waals surface area contributed by atoms with Crippen molar-refractivity contribution in [2.24, 2.45) is 0 Å². The molecule has 0 rings (SSSR count). The Kier molecular flexibility index (Phi) is 6.59. The molecule has 0 aromatic heterocycles. The summed E-state index contributed by atoms with van der Waals surface area (Å²) in [6.07, 6.45) is -6.24. The van der Waals surface area contributed by atoms with Gasteiger partial charge in [-0.3, -0.25) is 4.79 Å². The first kappa shape index (κ1) is 15.7. The van der Waals surface area contributed by atoms with Gasteiger partial charge in [-0.25, -0.2) is 4.79 Å². The molecule has 98 valence electrons. The van der Waals surface area contributed by atoms with E-state index >= 15 is 0 Å². The molecule has 7 nitrogen and oxygen atoms in total. The second-order valence-corrected chi connectivity index (χ2v) is 3.44. The van der Waals surface area contributed by atoms with Gasteiger partial charge in [-0.2, -0.15) is 0 Å². The molecule has 0 saturated carbocycles. The molecule has 0 bridgehead atoms. The van der Waals surface area contributed by atoms with Gasteiger partial charge in [0, 0.05) is 6.08 Å². The van der Waals surface area contributed by atoms with Crippen molar-refractivity contribution in [3.8, 4) is 0 Å². The minimum Gasteiger partial charge on any atom is -0.460 e. The van der Waals surface area contributed by atoms with Crippen LogP contribution >= 0.6 is 0 Å². The summed E-state index contributed by atoms with van der Waals surface area (Å²) in [6.45, 7) is 3.55. The van der Waals surface area contributed by atoms with Crippen LogP contribution in [0.2, 0.25) is 0 Å². The summed E-state index contributed by atoms with van der Waals surface area (Å²) in [5, 5.41) is 37.1. The Morgan fingerprint density at radius 2 is 1.76 bits per heavy atom. The summed E-state index contributed by atoms with van der Waals surface area (Å²) >= 11 is 0. The van der Waals surface area contributed by atoms with E-state index < -0.39 is 42.8 Å². The smallest absolute Gasteiger partial charge is 0.330 e. The number of aliphatic hydroxyl groups excluding tert-OH is 4. The lowest BCUT2D eigenvalue weighted by Crippen LogP contribution is -2.48. The van der Waals surface area contributed by atoms with Gasteiger partial charge in [-0.15, -0.1) is 0 Å². The summed E-state index contributed by atoms with van der Waals surface area (Å²) < 4.78 is 4.42. The van der Waals surface area contributed by atoms with Crippen molar-refractivity contribution in [3.05, 3.63) is 12.7 Å². The number of rotatable bonds is 7. The molecular weight excluding hydrogens is 232 g/mol. The quantitative estimate of drug-likeness (QED) is 0.296. The number of Topliss-reactive ketones (excluding diaryl/α,β-unsaturated/α-hetero) is 1. The highest BCUT2D eigenvalue weighted by Crippen LogP contribution is 2.06. The Balaban J connectivity index is 4.28. The van der Waals surface area contributed by atoms with Crippen molar-refractivity contribution < 1.29 is 34.8 Å². The Bertz CT molecular complexity index is 288. The molecule has 0 aromatic carbocycles. The molecule has 0 heterocycles. The Morgan fingerprint density at radius 1 is 1.24 bits per heavy atom. The zero-order valence-electron chi connectivity index (χ0n) is 9.31. The van der Waals surface area contributed by atoms with Crippen LogP contribution in [0.5, 0.6) is 0 Å². The van der Waals surface area contributed by atoms with Crippen LogP contribution in [0.1, 0.15) is 6.92 Å². The lowest BCUT2D eigenvalue weighted by Gasteiger charge is -2.24. The van der Waals surface area contributed by atoms with Crippen LogP contribution in [0.3, 0.4) is 0 Å². The third kappa shape index (κ3) is 5.05. The van der Waals surface area contributed by atoms with E-state index in [0.717, 1.165) is 13.0 Å². The summed E-state index contributed by atoms with van der Waals surface area (Å²) in [5.41, 5.74) is 0. The summed E-state index contributed by atoms with van der Waals surface area (Å²) in [4.78, 5) is 21.4. The monoisotopic (exact) mass is 248 g/mol. The molecule has 0 aromatic rings. The van der Waals surface area contributed by atoms with E-state index in [-0.39, 0.29) is 0 Å². The van der Waals surface area contributed by atoms with Crippen molar-refractivity contribution in [2.45, 2.75) is 31.3 Å². The molecule has 0 aliphatic heterocycles. The first-order valence-corrected chi connectivity index (χ1v) is 4.83. The van der Waals surface area contributed by atoms with E-state index in [1.165, 1.54) is 0 Å². The summed E-state index contributed by atoms with van der Waals surface area (Å²) in [6, 6.07) is 0. The van der Waals surface area contributed by atoms with Gasteiger partial charge in [0.25, 0.3) is 0 Å². The number of carbonyl (C=O) groups excluding carboxylic acids is 2. The van der Waals surface area contributed by atoms with Crippen molar-refractivity contribution in [2.75, 3.05) is 6.61 Å². The fourth-order valence-corrected chi connectivity index (χ4v) is 0.980. The number of ketones is 1. The number of hydrogen-bond donors (Lipinski definition) is 4. The molecule has 0 spiro atoms. The van der Waals surface area contributed by atoms with Gasteiger partial charge in [0.1, 0.15) is 31.0 Å². The van der Waals surface area contributed by atoms with Crippen molar-refractivity contribution in [3.63, 3.8) is 0 Å². The molecule has 7 heteroatoms. The Morgan fingerprint density at radius 3 is 2.18 bits per heavy atom. The third-order valence-electron chi connectivity index (χ3n) is 2.05. The van der Waals surface area contributed by atoms with Crippen LogP contribution in [-0.2, 0) is 14.3 Å². The van der Waals surface area contributed by atoms with Crippen LogP contribution in [0.4, 0.5) is 0 Å². The van der Waals surface area contributed by atoms with E-state index in [1.807, 2.05) is 0 Å². The van der Waals surface area contributed by atoms with Gasteiger partial charge in [0.15, 0.2) is 5.78 Å². The molecule has 0 radical (unpaired) electrons. The second-order valence-electron chi connectivity index (χ2n) is 3.44. The average Bonchev–Trinajstić information content (AvgIpc) is 2.32. The van der Waals surface area contributed by atoms with Crippen molar-refractivity contribution in [1.29, 1.82) is 0 Å². The average molecular weight is 248 g/mol. The SMILES string of the molecule is C=CC(=O)OC[C@@H](O)[C@@H](O)[C@H](O)[C@@H](O)C(C)=O. The lowest BCUT2D eigenvalue weighted by atomic mass is 10.0. The van der Waals surface area contributed by atoms with Gasteiger partial charge >= 0.3 is 5.97 Å². The molecule has 0 aliphatic carbocycles. The maximum Gasteiger partial charge on any atom is 0.330 e. The molecule has 4 N–H and O–H groups in total. The first-order chi connectivity index (χ1) is 7.81. The first-order valence-electron chi connectivity index (χ1n) is 4.83. The van der Waals surface area contributed by atoms with Gasteiger partial charge in [0.2, 0.25) is 0 Å². The summed E-state index contributed by atoms with van der Waals surface area (Å²) in [7, 11) is 0. The maximum atomic E-state index is 10.7. The molecule has 0 amide bonds. The van der Waals surface area contributed by atoms with E-state index in [1.54, 1.807) is 0 Å². The fourth-order valence-electron chi connectivity index (χ4n) is 0.980.